The summed E-state index contributed by atoms with van der Waals surface area (Å²) in [6.07, 6.45) is 11.5. The number of nitrogens with one attached hydrogen (secondary N) is 1. The number of nitrogens with zero attached hydrogens (tertiary/aromatic N) is 1. The lowest BCUT2D eigenvalue weighted by Crippen LogP contribution is -2.48. The van der Waals surface area contributed by atoms with Crippen LogP contribution in [0.2, 0.25) is 0 Å². The molecule has 148 valence electrons. The van der Waals surface area contributed by atoms with Crippen molar-refractivity contribution < 1.29 is 14.4 Å². The Morgan fingerprint density at radius 2 is 2.04 bits per heavy atom. The molecule has 1 spiro atoms. The molecule has 0 aromatic heterocycles. The van der Waals surface area contributed by atoms with Crippen molar-refractivity contribution in [3.63, 3.8) is 0 Å². The lowest BCUT2D eigenvalue weighted by molar-refractivity contribution is -0.0141. The van der Waals surface area contributed by atoms with E-state index in [4.69, 9.17) is 5.21 Å². The van der Waals surface area contributed by atoms with Crippen LogP contribution in [0.5, 0.6) is 0 Å². The van der Waals surface area contributed by atoms with Crippen LogP contribution >= 0.6 is 0 Å². The highest BCUT2D eigenvalue weighted by atomic mass is 19.1. The van der Waals surface area contributed by atoms with Gasteiger partial charge in [-0.05, 0) is 73.1 Å². The first-order valence-electron chi connectivity index (χ1n) is 10.5. The van der Waals surface area contributed by atoms with E-state index in [1.165, 1.54) is 51.0 Å². The van der Waals surface area contributed by atoms with Crippen LogP contribution in [0.3, 0.4) is 0 Å². The van der Waals surface area contributed by atoms with Crippen molar-refractivity contribution in [3.8, 4) is 0 Å². The Bertz CT molecular complexity index is 707. The molecule has 1 heterocycles. The van der Waals surface area contributed by atoms with Crippen LogP contribution in [-0.4, -0.2) is 28.6 Å². The van der Waals surface area contributed by atoms with E-state index in [0.29, 0.717) is 24.4 Å². The minimum Gasteiger partial charge on any atom is -0.296 e. The van der Waals surface area contributed by atoms with Gasteiger partial charge in [-0.15, -0.1) is 0 Å². The molecule has 2 aliphatic carbocycles. The van der Waals surface area contributed by atoms with Crippen molar-refractivity contribution in [2.45, 2.75) is 77.3 Å². The van der Waals surface area contributed by atoms with Crippen LogP contribution in [0.25, 0.3) is 0 Å². The van der Waals surface area contributed by atoms with Gasteiger partial charge in [0.1, 0.15) is 5.82 Å². The molecule has 1 atom stereocenters. The van der Waals surface area contributed by atoms with Crippen molar-refractivity contribution in [1.82, 2.24) is 10.4 Å². The van der Waals surface area contributed by atoms with Gasteiger partial charge in [-0.3, -0.25) is 14.9 Å². The molecule has 0 saturated heterocycles. The molecule has 2 N–H and O–H groups in total. The summed E-state index contributed by atoms with van der Waals surface area (Å²) in [7, 11) is 0. The second-order valence-electron chi connectivity index (χ2n) is 9.07. The predicted molar refractivity (Wildman–Crippen MR) is 102 cm³/mol. The molecular formula is C22H31FN2O2. The number of fused-ring (bicyclic) bond motifs is 1. The van der Waals surface area contributed by atoms with E-state index >= 15 is 0 Å². The fraction of sp³-hybridized carbons (Fsp3) is 0.682. The lowest BCUT2D eigenvalue weighted by Gasteiger charge is -2.52. The third kappa shape index (κ3) is 3.64. The summed E-state index contributed by atoms with van der Waals surface area (Å²) in [5.41, 5.74) is 4.07. The molecule has 2 fully saturated rings. The fourth-order valence-corrected chi connectivity index (χ4v) is 5.92. The number of hydroxylamine groups is 1. The third-order valence-electron chi connectivity index (χ3n) is 7.30. The van der Waals surface area contributed by atoms with Gasteiger partial charge in [-0.1, -0.05) is 26.2 Å². The van der Waals surface area contributed by atoms with Gasteiger partial charge in [0.15, 0.2) is 0 Å². The number of carbonyl (C=O) groups is 1. The van der Waals surface area contributed by atoms with E-state index in [-0.39, 0.29) is 11.4 Å². The SMILES string of the molecule is CC[C@@H]1Cc2c(F)cc(C(=O)NO)cc2CN1CC1CC2(CCCCC2)C1. The number of carbonyl (C=O) groups excluding carboxylic acids is 1. The smallest absolute Gasteiger partial charge is 0.274 e. The normalized spacial score (nSPS) is 25.1. The molecule has 1 aliphatic heterocycles. The maximum Gasteiger partial charge on any atom is 0.274 e. The Balaban J connectivity index is 1.47. The van der Waals surface area contributed by atoms with Crippen LogP contribution in [0, 0.1) is 17.2 Å². The summed E-state index contributed by atoms with van der Waals surface area (Å²) in [6, 6.07) is 3.35. The highest BCUT2D eigenvalue weighted by Crippen LogP contribution is 2.55. The number of amides is 1. The molecule has 3 aliphatic rings. The summed E-state index contributed by atoms with van der Waals surface area (Å²) in [5.74, 6) is -0.222. The highest BCUT2D eigenvalue weighted by Gasteiger charge is 2.45. The van der Waals surface area contributed by atoms with Gasteiger partial charge >= 0.3 is 0 Å². The van der Waals surface area contributed by atoms with E-state index in [9.17, 15) is 9.18 Å². The first-order chi connectivity index (χ1) is 13.0. The van der Waals surface area contributed by atoms with Gasteiger partial charge in [0.2, 0.25) is 0 Å². The summed E-state index contributed by atoms with van der Waals surface area (Å²) in [4.78, 5) is 14.2. The largest absolute Gasteiger partial charge is 0.296 e. The molecule has 0 unspecified atom stereocenters. The molecular weight excluding hydrogens is 343 g/mol. The van der Waals surface area contributed by atoms with Crippen LogP contribution in [0.4, 0.5) is 4.39 Å². The molecule has 1 aromatic rings. The molecule has 27 heavy (non-hydrogen) atoms. The van der Waals surface area contributed by atoms with Crippen LogP contribution in [0.15, 0.2) is 12.1 Å². The second-order valence-corrected chi connectivity index (χ2v) is 9.07. The Labute approximate surface area is 161 Å². The van der Waals surface area contributed by atoms with Gasteiger partial charge in [0.05, 0.1) is 0 Å². The quantitative estimate of drug-likeness (QED) is 0.605. The van der Waals surface area contributed by atoms with Crippen molar-refractivity contribution in [3.05, 3.63) is 34.6 Å². The topological polar surface area (TPSA) is 52.6 Å². The number of rotatable bonds is 4. The average molecular weight is 375 g/mol. The summed E-state index contributed by atoms with van der Waals surface area (Å²) in [6.45, 7) is 3.95. The van der Waals surface area contributed by atoms with Gasteiger partial charge in [-0.2, -0.15) is 0 Å². The Morgan fingerprint density at radius 1 is 1.30 bits per heavy atom. The summed E-state index contributed by atoms with van der Waals surface area (Å²) >= 11 is 0. The molecule has 5 heteroatoms. The van der Waals surface area contributed by atoms with Crippen LogP contribution in [0.1, 0.15) is 79.8 Å². The maximum atomic E-state index is 14.6. The minimum atomic E-state index is -0.654. The monoisotopic (exact) mass is 374 g/mol. The molecule has 2 saturated carbocycles. The highest BCUT2D eigenvalue weighted by molar-refractivity contribution is 5.93. The summed E-state index contributed by atoms with van der Waals surface area (Å²) in [5, 5.41) is 8.86. The van der Waals surface area contributed by atoms with Crippen molar-refractivity contribution in [1.29, 1.82) is 0 Å². The number of benzene rings is 1. The number of hydrogen-bond acceptors (Lipinski definition) is 3. The molecule has 0 bridgehead atoms. The number of hydrogen-bond donors (Lipinski definition) is 2. The van der Waals surface area contributed by atoms with Crippen molar-refractivity contribution >= 4 is 5.91 Å². The van der Waals surface area contributed by atoms with Gasteiger partial charge < -0.3 is 0 Å². The fourth-order valence-electron chi connectivity index (χ4n) is 5.92. The minimum absolute atomic E-state index is 0.188. The molecule has 0 radical (unpaired) electrons. The van der Waals surface area contributed by atoms with Crippen LogP contribution < -0.4 is 5.48 Å². The molecule has 1 amide bonds. The number of halogens is 1. The lowest BCUT2D eigenvalue weighted by atomic mass is 9.55. The van der Waals surface area contributed by atoms with Gasteiger partial charge in [0, 0.05) is 24.7 Å². The average Bonchev–Trinajstić information content (AvgIpc) is 2.66. The summed E-state index contributed by atoms with van der Waals surface area (Å²) < 4.78 is 14.6. The zero-order valence-electron chi connectivity index (χ0n) is 16.3. The second kappa shape index (κ2) is 7.51. The maximum absolute atomic E-state index is 14.6. The van der Waals surface area contributed by atoms with Gasteiger partial charge in [0.25, 0.3) is 5.91 Å². The molecule has 1 aromatic carbocycles. The van der Waals surface area contributed by atoms with Crippen molar-refractivity contribution in [2.24, 2.45) is 11.3 Å². The predicted octanol–water partition coefficient (Wildman–Crippen LogP) is 4.44. The first kappa shape index (κ1) is 18.9. The third-order valence-corrected chi connectivity index (χ3v) is 7.30. The zero-order chi connectivity index (χ0) is 19.0. The zero-order valence-corrected chi connectivity index (χ0v) is 16.3. The van der Waals surface area contributed by atoms with E-state index in [2.05, 4.69) is 11.8 Å². The molecule has 4 nitrogen and oxygen atoms in total. The van der Waals surface area contributed by atoms with E-state index < -0.39 is 5.91 Å². The Morgan fingerprint density at radius 3 is 2.70 bits per heavy atom. The standard InChI is InChI=1S/C22H31FN2O2/c1-2-18-10-19-17(8-16(9-20(19)23)21(26)24-27)14-25(18)13-15-11-22(12-15)6-4-3-5-7-22/h8-9,15,18,27H,2-7,10-14H2,1H3,(H,24,26)/t18-/m1/s1. The first-order valence-corrected chi connectivity index (χ1v) is 10.5. The molecule has 4 rings (SSSR count). The van der Waals surface area contributed by atoms with E-state index in [1.807, 2.05) is 0 Å². The Kier molecular flexibility index (Phi) is 5.26. The van der Waals surface area contributed by atoms with Crippen molar-refractivity contribution in [2.75, 3.05) is 6.54 Å². The van der Waals surface area contributed by atoms with Gasteiger partial charge in [-0.25, -0.2) is 9.87 Å². The van der Waals surface area contributed by atoms with E-state index in [1.54, 1.807) is 11.5 Å². The Hall–Kier alpha value is -1.46. The van der Waals surface area contributed by atoms with Crippen LogP contribution in [-0.2, 0) is 13.0 Å². The van der Waals surface area contributed by atoms with E-state index in [0.717, 1.165) is 30.0 Å².